The van der Waals surface area contributed by atoms with Crippen molar-refractivity contribution in [3.05, 3.63) is 59.2 Å². The number of hydrogen-bond acceptors (Lipinski definition) is 2. The van der Waals surface area contributed by atoms with Gasteiger partial charge in [0.1, 0.15) is 0 Å². The average molecular weight is 240 g/mol. The predicted molar refractivity (Wildman–Crippen MR) is 78.5 cm³/mol. The second-order valence-electron chi connectivity index (χ2n) is 4.70. The van der Waals surface area contributed by atoms with Crippen molar-refractivity contribution in [1.82, 2.24) is 0 Å². The van der Waals surface area contributed by atoms with Crippen LogP contribution in [0.5, 0.6) is 0 Å². The summed E-state index contributed by atoms with van der Waals surface area (Å²) >= 11 is 0. The zero-order valence-electron chi connectivity index (χ0n) is 10.8. The zero-order valence-corrected chi connectivity index (χ0v) is 10.8. The Kier molecular flexibility index (Phi) is 3.88. The lowest BCUT2D eigenvalue weighted by molar-refractivity contribution is 0.818. The minimum Gasteiger partial charge on any atom is -0.397 e. The normalized spacial score (nSPS) is 10.5. The largest absolute Gasteiger partial charge is 0.397 e. The van der Waals surface area contributed by atoms with E-state index >= 15 is 0 Å². The van der Waals surface area contributed by atoms with Crippen LogP contribution < -0.4 is 11.5 Å². The first-order valence-electron chi connectivity index (χ1n) is 6.36. The van der Waals surface area contributed by atoms with Gasteiger partial charge in [0.2, 0.25) is 0 Å². The van der Waals surface area contributed by atoms with Gasteiger partial charge in [-0.1, -0.05) is 36.4 Å². The molecule has 0 aliphatic rings. The van der Waals surface area contributed by atoms with Crippen LogP contribution in [0.15, 0.2) is 42.5 Å². The highest BCUT2D eigenvalue weighted by molar-refractivity contribution is 5.69. The monoisotopic (exact) mass is 240 g/mol. The van der Waals surface area contributed by atoms with Gasteiger partial charge in [0.05, 0.1) is 11.4 Å². The van der Waals surface area contributed by atoms with Crippen molar-refractivity contribution in [2.75, 3.05) is 11.5 Å². The first kappa shape index (κ1) is 12.5. The van der Waals surface area contributed by atoms with E-state index in [-0.39, 0.29) is 0 Å². The maximum absolute atomic E-state index is 6.04. The molecule has 2 heteroatoms. The molecule has 0 heterocycles. The lowest BCUT2D eigenvalue weighted by Crippen LogP contribution is -2.03. The Labute approximate surface area is 109 Å². The van der Waals surface area contributed by atoms with E-state index in [1.165, 1.54) is 16.7 Å². The molecule has 2 aromatic rings. The number of benzene rings is 2. The van der Waals surface area contributed by atoms with Gasteiger partial charge in [-0.25, -0.2) is 0 Å². The minimum atomic E-state index is 0.690. The molecule has 0 saturated heterocycles. The molecule has 94 valence electrons. The van der Waals surface area contributed by atoms with E-state index in [1.807, 2.05) is 18.2 Å². The number of nitrogens with two attached hydrogens (primary N) is 2. The van der Waals surface area contributed by atoms with Gasteiger partial charge < -0.3 is 11.5 Å². The van der Waals surface area contributed by atoms with E-state index in [4.69, 9.17) is 11.5 Å². The molecule has 2 nitrogen and oxygen atoms in total. The van der Waals surface area contributed by atoms with Gasteiger partial charge in [0.25, 0.3) is 0 Å². The molecule has 2 rings (SSSR count). The van der Waals surface area contributed by atoms with Gasteiger partial charge in [-0.15, -0.1) is 0 Å². The molecule has 0 aromatic heterocycles. The Morgan fingerprint density at radius 2 is 1.61 bits per heavy atom. The summed E-state index contributed by atoms with van der Waals surface area (Å²) in [7, 11) is 0. The van der Waals surface area contributed by atoms with Crippen LogP contribution in [0.1, 0.15) is 23.1 Å². The van der Waals surface area contributed by atoms with Crippen LogP contribution in [0.25, 0.3) is 0 Å². The molecule has 18 heavy (non-hydrogen) atoms. The van der Waals surface area contributed by atoms with Gasteiger partial charge in [-0.3, -0.25) is 0 Å². The Hall–Kier alpha value is -1.96. The summed E-state index contributed by atoms with van der Waals surface area (Å²) in [6.45, 7) is 2.09. The van der Waals surface area contributed by atoms with Gasteiger partial charge in [-0.05, 0) is 48.9 Å². The molecule has 0 bridgehead atoms. The van der Waals surface area contributed by atoms with Crippen LogP contribution in [0.3, 0.4) is 0 Å². The molecule has 0 aliphatic heterocycles. The first-order valence-corrected chi connectivity index (χ1v) is 6.36. The van der Waals surface area contributed by atoms with E-state index in [2.05, 4.69) is 31.2 Å². The van der Waals surface area contributed by atoms with Crippen LogP contribution in [-0.4, -0.2) is 0 Å². The molecule has 0 fully saturated rings. The second kappa shape index (κ2) is 5.58. The topological polar surface area (TPSA) is 52.0 Å². The smallest absolute Gasteiger partial charge is 0.0582 e. The molecule has 0 aliphatic carbocycles. The Morgan fingerprint density at radius 1 is 0.889 bits per heavy atom. The van der Waals surface area contributed by atoms with Crippen molar-refractivity contribution in [2.24, 2.45) is 0 Å². The molecule has 2 aromatic carbocycles. The predicted octanol–water partition coefficient (Wildman–Crippen LogP) is 3.33. The highest BCUT2D eigenvalue weighted by atomic mass is 14.7. The molecule has 0 saturated carbocycles. The van der Waals surface area contributed by atoms with Crippen molar-refractivity contribution in [3.8, 4) is 0 Å². The van der Waals surface area contributed by atoms with E-state index in [1.54, 1.807) is 0 Å². The maximum atomic E-state index is 6.04. The summed E-state index contributed by atoms with van der Waals surface area (Å²) in [5, 5.41) is 0. The third kappa shape index (κ3) is 2.83. The quantitative estimate of drug-likeness (QED) is 0.805. The fraction of sp³-hybridized carbons (Fsp3) is 0.250. The van der Waals surface area contributed by atoms with Crippen LogP contribution in [0.2, 0.25) is 0 Å². The number of hydrogen-bond donors (Lipinski definition) is 2. The standard InChI is InChI=1S/C16H20N2/c1-12-10-11-15(17)16(18)14(12)9-5-8-13-6-3-2-4-7-13/h2-4,6-7,10-11H,5,8-9,17-18H2,1H3. The highest BCUT2D eigenvalue weighted by Crippen LogP contribution is 2.25. The van der Waals surface area contributed by atoms with Crippen molar-refractivity contribution in [3.63, 3.8) is 0 Å². The Morgan fingerprint density at radius 3 is 2.33 bits per heavy atom. The van der Waals surface area contributed by atoms with Gasteiger partial charge in [-0.2, -0.15) is 0 Å². The molecule has 0 amide bonds. The summed E-state index contributed by atoms with van der Waals surface area (Å²) in [5.41, 5.74) is 17.1. The molecule has 0 atom stereocenters. The van der Waals surface area contributed by atoms with Crippen LogP contribution in [0, 0.1) is 6.92 Å². The van der Waals surface area contributed by atoms with Crippen molar-refractivity contribution in [2.45, 2.75) is 26.2 Å². The fourth-order valence-corrected chi connectivity index (χ4v) is 2.24. The lowest BCUT2D eigenvalue weighted by atomic mass is 9.98. The fourth-order valence-electron chi connectivity index (χ4n) is 2.24. The Bertz CT molecular complexity index is 518. The maximum Gasteiger partial charge on any atom is 0.0582 e. The van der Waals surface area contributed by atoms with Crippen LogP contribution in [-0.2, 0) is 12.8 Å². The summed E-state index contributed by atoms with van der Waals surface area (Å²) < 4.78 is 0. The Balaban J connectivity index is 2.01. The lowest BCUT2D eigenvalue weighted by Gasteiger charge is -2.11. The highest BCUT2D eigenvalue weighted by Gasteiger charge is 2.06. The third-order valence-corrected chi connectivity index (χ3v) is 3.36. The minimum absolute atomic E-state index is 0.690. The van der Waals surface area contributed by atoms with E-state index in [0.29, 0.717) is 5.69 Å². The van der Waals surface area contributed by atoms with E-state index in [0.717, 1.165) is 24.9 Å². The SMILES string of the molecule is Cc1ccc(N)c(N)c1CCCc1ccccc1. The zero-order chi connectivity index (χ0) is 13.0. The van der Waals surface area contributed by atoms with E-state index < -0.39 is 0 Å². The first-order chi connectivity index (χ1) is 8.68. The number of rotatable bonds is 4. The van der Waals surface area contributed by atoms with E-state index in [9.17, 15) is 0 Å². The van der Waals surface area contributed by atoms with Crippen molar-refractivity contribution in [1.29, 1.82) is 0 Å². The average Bonchev–Trinajstić information content (AvgIpc) is 2.39. The molecule has 0 radical (unpaired) electrons. The van der Waals surface area contributed by atoms with Crippen molar-refractivity contribution < 1.29 is 0 Å². The van der Waals surface area contributed by atoms with Gasteiger partial charge >= 0.3 is 0 Å². The van der Waals surface area contributed by atoms with Crippen LogP contribution in [0.4, 0.5) is 11.4 Å². The number of nitrogen functional groups attached to an aromatic ring is 2. The molecular weight excluding hydrogens is 220 g/mol. The molecule has 0 unspecified atom stereocenters. The van der Waals surface area contributed by atoms with Gasteiger partial charge in [0, 0.05) is 0 Å². The van der Waals surface area contributed by atoms with Gasteiger partial charge in [0.15, 0.2) is 0 Å². The third-order valence-electron chi connectivity index (χ3n) is 3.36. The molecule has 4 N–H and O–H groups in total. The second-order valence-corrected chi connectivity index (χ2v) is 4.70. The number of anilines is 2. The van der Waals surface area contributed by atoms with Crippen LogP contribution >= 0.6 is 0 Å². The summed E-state index contributed by atoms with van der Waals surface area (Å²) in [6.07, 6.45) is 3.16. The number of aryl methyl sites for hydroxylation is 2. The van der Waals surface area contributed by atoms with Crippen molar-refractivity contribution >= 4 is 11.4 Å². The summed E-state index contributed by atoms with van der Waals surface area (Å²) in [5.74, 6) is 0. The molecular formula is C16H20N2. The molecule has 0 spiro atoms. The summed E-state index contributed by atoms with van der Waals surface area (Å²) in [6, 6.07) is 14.5. The summed E-state index contributed by atoms with van der Waals surface area (Å²) in [4.78, 5) is 0.